The summed E-state index contributed by atoms with van der Waals surface area (Å²) in [6.07, 6.45) is 0. The molecule has 4 heteroatoms. The molecule has 108 valence electrons. The number of anilines is 1. The third-order valence-electron chi connectivity index (χ3n) is 3.43. The summed E-state index contributed by atoms with van der Waals surface area (Å²) < 4.78 is 11.9. The molecule has 0 saturated heterocycles. The smallest absolute Gasteiger partial charge is 0.127 e. The molecule has 0 radical (unpaired) electrons. The minimum absolute atomic E-state index is 0.711. The number of fused-ring (bicyclic) bond motifs is 1. The molecule has 0 amide bonds. The molecule has 0 bridgehead atoms. The van der Waals surface area contributed by atoms with Crippen LogP contribution in [0, 0.1) is 0 Å². The molecule has 1 heterocycles. The minimum Gasteiger partial charge on any atom is -0.497 e. The summed E-state index contributed by atoms with van der Waals surface area (Å²) in [5, 5.41) is 6.82. The van der Waals surface area contributed by atoms with Crippen molar-refractivity contribution in [1.29, 1.82) is 0 Å². The average Bonchev–Trinajstić information content (AvgIpc) is 3.00. The van der Waals surface area contributed by atoms with Gasteiger partial charge in [0, 0.05) is 28.6 Å². The fourth-order valence-electron chi connectivity index (χ4n) is 2.27. The van der Waals surface area contributed by atoms with Gasteiger partial charge in [-0.15, -0.1) is 11.3 Å². The van der Waals surface area contributed by atoms with Crippen LogP contribution >= 0.6 is 11.3 Å². The maximum atomic E-state index is 5.42. The van der Waals surface area contributed by atoms with Gasteiger partial charge in [0.25, 0.3) is 0 Å². The second kappa shape index (κ2) is 6.06. The van der Waals surface area contributed by atoms with Gasteiger partial charge in [0.2, 0.25) is 0 Å². The summed E-state index contributed by atoms with van der Waals surface area (Å²) >= 11 is 1.76. The highest BCUT2D eigenvalue weighted by Gasteiger charge is 2.05. The monoisotopic (exact) mass is 299 g/mol. The Kier molecular flexibility index (Phi) is 3.97. The zero-order valence-corrected chi connectivity index (χ0v) is 12.9. The van der Waals surface area contributed by atoms with Crippen LogP contribution in [0.4, 0.5) is 5.69 Å². The van der Waals surface area contributed by atoms with Gasteiger partial charge in [0.1, 0.15) is 11.5 Å². The van der Waals surface area contributed by atoms with Gasteiger partial charge in [0.05, 0.1) is 14.2 Å². The van der Waals surface area contributed by atoms with Crippen molar-refractivity contribution in [3.63, 3.8) is 0 Å². The number of ether oxygens (including phenoxy) is 2. The Bertz CT molecular complexity index is 751. The Morgan fingerprint density at radius 3 is 2.71 bits per heavy atom. The average molecular weight is 299 g/mol. The number of hydrogen-bond acceptors (Lipinski definition) is 4. The standard InChI is InChI=1S/C17H17NO2S/c1-19-15-5-3-13(16(10-15)20-2)11-18-14-4-6-17-12(9-14)7-8-21-17/h3-10,18H,11H2,1-2H3. The van der Waals surface area contributed by atoms with E-state index in [0.29, 0.717) is 6.54 Å². The number of hydrogen-bond donors (Lipinski definition) is 1. The van der Waals surface area contributed by atoms with Crippen LogP contribution in [0.5, 0.6) is 11.5 Å². The van der Waals surface area contributed by atoms with E-state index < -0.39 is 0 Å². The molecule has 0 aliphatic rings. The highest BCUT2D eigenvalue weighted by molar-refractivity contribution is 7.17. The second-order valence-electron chi connectivity index (χ2n) is 4.70. The van der Waals surface area contributed by atoms with Gasteiger partial charge in [-0.05, 0) is 47.2 Å². The van der Waals surface area contributed by atoms with Gasteiger partial charge in [-0.2, -0.15) is 0 Å². The molecule has 0 unspecified atom stereocenters. The topological polar surface area (TPSA) is 30.5 Å². The molecule has 21 heavy (non-hydrogen) atoms. The summed E-state index contributed by atoms with van der Waals surface area (Å²) in [4.78, 5) is 0. The van der Waals surface area contributed by atoms with Gasteiger partial charge in [-0.1, -0.05) is 0 Å². The third kappa shape index (κ3) is 2.95. The van der Waals surface area contributed by atoms with E-state index in [9.17, 15) is 0 Å². The van der Waals surface area contributed by atoms with Crippen LogP contribution in [0.3, 0.4) is 0 Å². The molecule has 0 saturated carbocycles. The fourth-order valence-corrected chi connectivity index (χ4v) is 3.04. The van der Waals surface area contributed by atoms with E-state index in [1.165, 1.54) is 10.1 Å². The molecule has 3 nitrogen and oxygen atoms in total. The van der Waals surface area contributed by atoms with Crippen molar-refractivity contribution in [2.75, 3.05) is 19.5 Å². The van der Waals surface area contributed by atoms with Crippen molar-refractivity contribution in [3.8, 4) is 11.5 Å². The third-order valence-corrected chi connectivity index (χ3v) is 4.33. The van der Waals surface area contributed by atoms with Crippen molar-refractivity contribution in [3.05, 3.63) is 53.4 Å². The van der Waals surface area contributed by atoms with Crippen molar-refractivity contribution < 1.29 is 9.47 Å². The van der Waals surface area contributed by atoms with Crippen LogP contribution in [0.2, 0.25) is 0 Å². The Balaban J connectivity index is 1.77. The molecule has 0 aliphatic carbocycles. The first-order valence-corrected chi connectivity index (χ1v) is 7.60. The van der Waals surface area contributed by atoms with E-state index in [2.05, 4.69) is 35.0 Å². The Morgan fingerprint density at radius 2 is 1.90 bits per heavy atom. The van der Waals surface area contributed by atoms with Gasteiger partial charge in [-0.25, -0.2) is 0 Å². The molecule has 1 aromatic heterocycles. The minimum atomic E-state index is 0.711. The summed E-state index contributed by atoms with van der Waals surface area (Å²) in [6.45, 7) is 0.711. The van der Waals surface area contributed by atoms with E-state index in [0.717, 1.165) is 22.7 Å². The zero-order chi connectivity index (χ0) is 14.7. The van der Waals surface area contributed by atoms with Crippen molar-refractivity contribution in [1.82, 2.24) is 0 Å². The maximum absolute atomic E-state index is 5.42. The first kappa shape index (κ1) is 13.8. The molecule has 2 aromatic carbocycles. The van der Waals surface area contributed by atoms with Gasteiger partial charge in [0.15, 0.2) is 0 Å². The maximum Gasteiger partial charge on any atom is 0.127 e. The van der Waals surface area contributed by atoms with E-state index in [1.807, 2.05) is 18.2 Å². The van der Waals surface area contributed by atoms with Crippen LogP contribution in [0.15, 0.2) is 47.8 Å². The zero-order valence-electron chi connectivity index (χ0n) is 12.1. The SMILES string of the molecule is COc1ccc(CNc2ccc3sccc3c2)c(OC)c1. The summed E-state index contributed by atoms with van der Waals surface area (Å²) in [5.41, 5.74) is 2.21. The van der Waals surface area contributed by atoms with Crippen LogP contribution in [-0.4, -0.2) is 14.2 Å². The number of nitrogens with one attached hydrogen (secondary N) is 1. The summed E-state index contributed by atoms with van der Waals surface area (Å²) in [7, 11) is 3.33. The normalized spacial score (nSPS) is 10.6. The summed E-state index contributed by atoms with van der Waals surface area (Å²) in [6, 6.07) is 14.4. The first-order valence-electron chi connectivity index (χ1n) is 6.72. The predicted molar refractivity (Wildman–Crippen MR) is 88.7 cm³/mol. The van der Waals surface area contributed by atoms with Crippen molar-refractivity contribution in [2.45, 2.75) is 6.54 Å². The lowest BCUT2D eigenvalue weighted by atomic mass is 10.1. The predicted octanol–water partition coefficient (Wildman–Crippen LogP) is 4.53. The number of benzene rings is 2. The molecule has 0 spiro atoms. The molecular formula is C17H17NO2S. The first-order chi connectivity index (χ1) is 10.3. The van der Waals surface area contributed by atoms with Crippen LogP contribution in [0.25, 0.3) is 10.1 Å². The van der Waals surface area contributed by atoms with E-state index in [-0.39, 0.29) is 0 Å². The largest absolute Gasteiger partial charge is 0.497 e. The Hall–Kier alpha value is -2.20. The Morgan fingerprint density at radius 1 is 1.00 bits per heavy atom. The molecule has 0 atom stereocenters. The molecule has 0 aliphatic heterocycles. The highest BCUT2D eigenvalue weighted by Crippen LogP contribution is 2.27. The van der Waals surface area contributed by atoms with Gasteiger partial charge < -0.3 is 14.8 Å². The van der Waals surface area contributed by atoms with Crippen LogP contribution in [0.1, 0.15) is 5.56 Å². The quantitative estimate of drug-likeness (QED) is 0.751. The van der Waals surface area contributed by atoms with Gasteiger partial charge >= 0.3 is 0 Å². The molecule has 3 rings (SSSR count). The molecule has 0 fully saturated rings. The lowest BCUT2D eigenvalue weighted by Crippen LogP contribution is -2.02. The van der Waals surface area contributed by atoms with Crippen molar-refractivity contribution >= 4 is 27.1 Å². The van der Waals surface area contributed by atoms with Crippen LogP contribution in [-0.2, 0) is 6.54 Å². The lowest BCUT2D eigenvalue weighted by Gasteiger charge is -2.12. The molecule has 1 N–H and O–H groups in total. The molecule has 3 aromatic rings. The lowest BCUT2D eigenvalue weighted by molar-refractivity contribution is 0.391. The van der Waals surface area contributed by atoms with Gasteiger partial charge in [-0.3, -0.25) is 0 Å². The molecular weight excluding hydrogens is 282 g/mol. The van der Waals surface area contributed by atoms with E-state index >= 15 is 0 Å². The second-order valence-corrected chi connectivity index (χ2v) is 5.65. The van der Waals surface area contributed by atoms with E-state index in [4.69, 9.17) is 9.47 Å². The van der Waals surface area contributed by atoms with Crippen LogP contribution < -0.4 is 14.8 Å². The Labute approximate surface area is 128 Å². The number of methoxy groups -OCH3 is 2. The van der Waals surface area contributed by atoms with E-state index in [1.54, 1.807) is 25.6 Å². The number of rotatable bonds is 5. The number of thiophene rings is 1. The van der Waals surface area contributed by atoms with Crippen molar-refractivity contribution in [2.24, 2.45) is 0 Å². The fraction of sp³-hybridized carbons (Fsp3) is 0.176. The highest BCUT2D eigenvalue weighted by atomic mass is 32.1. The summed E-state index contributed by atoms with van der Waals surface area (Å²) in [5.74, 6) is 1.63.